The van der Waals surface area contributed by atoms with Gasteiger partial charge >= 0.3 is 0 Å². The fraction of sp³-hybridized carbons (Fsp3) is 0.263. The zero-order valence-corrected chi connectivity index (χ0v) is 15.2. The number of carbonyl (C=O) groups excluding carboxylic acids is 1. The summed E-state index contributed by atoms with van der Waals surface area (Å²) < 4.78 is 21.1. The molecule has 140 valence electrons. The molecular weight excluding hydrogens is 349 g/mol. The van der Waals surface area contributed by atoms with Crippen molar-refractivity contribution < 1.29 is 13.9 Å². The van der Waals surface area contributed by atoms with Crippen LogP contribution >= 0.6 is 0 Å². The van der Waals surface area contributed by atoms with Crippen LogP contribution in [0.2, 0.25) is 0 Å². The van der Waals surface area contributed by atoms with Crippen LogP contribution in [0, 0.1) is 5.82 Å². The van der Waals surface area contributed by atoms with Gasteiger partial charge in [0.05, 0.1) is 0 Å². The molecule has 0 aliphatic rings. The van der Waals surface area contributed by atoms with Crippen molar-refractivity contribution in [2.24, 2.45) is 0 Å². The lowest BCUT2D eigenvalue weighted by molar-refractivity contribution is 0.0783. The second kappa shape index (κ2) is 8.39. The van der Waals surface area contributed by atoms with Crippen LogP contribution in [0.15, 0.2) is 48.5 Å². The van der Waals surface area contributed by atoms with Crippen molar-refractivity contribution in [2.45, 2.75) is 26.6 Å². The van der Waals surface area contributed by atoms with E-state index in [0.29, 0.717) is 29.2 Å². The zero-order valence-electron chi connectivity index (χ0n) is 15.2. The summed E-state index contributed by atoms with van der Waals surface area (Å²) in [6, 6.07) is 13.3. The Bertz CT molecular complexity index is 928. The van der Waals surface area contributed by atoms with Crippen molar-refractivity contribution in [1.29, 1.82) is 0 Å². The maximum atomic E-state index is 13.8. The first-order valence-electron chi connectivity index (χ1n) is 8.55. The Balaban J connectivity index is 1.67. The third kappa shape index (κ3) is 4.46. The number of nitrogens with zero attached hydrogens (tertiary/aromatic N) is 5. The second-order valence-corrected chi connectivity index (χ2v) is 5.98. The normalized spacial score (nSPS) is 10.6. The molecule has 1 aromatic heterocycles. The molecular formula is C19H20FN5O2. The number of ether oxygens (including phenoxy) is 1. The van der Waals surface area contributed by atoms with Gasteiger partial charge in [-0.25, -0.2) is 9.07 Å². The minimum Gasteiger partial charge on any atom is -0.486 e. The molecule has 0 unspecified atom stereocenters. The summed E-state index contributed by atoms with van der Waals surface area (Å²) in [6.45, 7) is 2.96. The van der Waals surface area contributed by atoms with E-state index >= 15 is 0 Å². The second-order valence-electron chi connectivity index (χ2n) is 5.98. The monoisotopic (exact) mass is 369 g/mol. The highest BCUT2D eigenvalue weighted by Gasteiger charge is 2.15. The summed E-state index contributed by atoms with van der Waals surface area (Å²) in [5.41, 5.74) is 0.925. The quantitative estimate of drug-likeness (QED) is 0.640. The third-order valence-electron chi connectivity index (χ3n) is 4.07. The van der Waals surface area contributed by atoms with E-state index < -0.39 is 0 Å². The van der Waals surface area contributed by atoms with Gasteiger partial charge in [0.25, 0.3) is 5.91 Å². The fourth-order valence-corrected chi connectivity index (χ4v) is 2.61. The van der Waals surface area contributed by atoms with Crippen LogP contribution in [0.25, 0.3) is 0 Å². The lowest BCUT2D eigenvalue weighted by atomic mass is 10.1. The van der Waals surface area contributed by atoms with Gasteiger partial charge in [-0.3, -0.25) is 4.79 Å². The van der Waals surface area contributed by atoms with Crippen LogP contribution in [0.1, 0.15) is 28.7 Å². The third-order valence-corrected chi connectivity index (χ3v) is 4.07. The largest absolute Gasteiger partial charge is 0.486 e. The Kier molecular flexibility index (Phi) is 5.75. The molecule has 2 aromatic carbocycles. The number of carbonyl (C=O) groups is 1. The summed E-state index contributed by atoms with van der Waals surface area (Å²) in [6.07, 6.45) is 0. The number of aryl methyl sites for hydroxylation is 1. The molecule has 0 aliphatic carbocycles. The number of aromatic nitrogens is 4. The van der Waals surface area contributed by atoms with E-state index in [2.05, 4.69) is 15.5 Å². The SMILES string of the molecule is CCn1nnnc1COc1cccc(C(=O)N(C)Cc2ccccc2F)c1. The zero-order chi connectivity index (χ0) is 19.2. The Morgan fingerprint density at radius 1 is 1.22 bits per heavy atom. The van der Waals surface area contributed by atoms with Crippen molar-refractivity contribution in [3.05, 3.63) is 71.3 Å². The van der Waals surface area contributed by atoms with E-state index in [1.54, 1.807) is 54.2 Å². The van der Waals surface area contributed by atoms with Gasteiger partial charge in [-0.15, -0.1) is 5.10 Å². The van der Waals surface area contributed by atoms with Gasteiger partial charge < -0.3 is 9.64 Å². The topological polar surface area (TPSA) is 73.1 Å². The molecule has 0 aliphatic heterocycles. The summed E-state index contributed by atoms with van der Waals surface area (Å²) in [5, 5.41) is 11.4. The first-order chi connectivity index (χ1) is 13.1. The van der Waals surface area contributed by atoms with E-state index in [1.807, 2.05) is 6.92 Å². The molecule has 27 heavy (non-hydrogen) atoms. The summed E-state index contributed by atoms with van der Waals surface area (Å²) >= 11 is 0. The van der Waals surface area contributed by atoms with Crippen molar-refractivity contribution in [3.8, 4) is 5.75 Å². The Hall–Kier alpha value is -3.29. The molecule has 0 atom stereocenters. The van der Waals surface area contributed by atoms with E-state index in [-0.39, 0.29) is 24.9 Å². The standard InChI is InChI=1S/C19H20FN5O2/c1-3-25-18(21-22-23-25)13-27-16-9-6-8-14(11-16)19(26)24(2)12-15-7-4-5-10-17(15)20/h4-11H,3,12-13H2,1-2H3. The van der Waals surface area contributed by atoms with Gasteiger partial charge in [0.1, 0.15) is 18.2 Å². The van der Waals surface area contributed by atoms with Crippen LogP contribution in [0.5, 0.6) is 5.75 Å². The van der Waals surface area contributed by atoms with Crippen LogP contribution in [0.3, 0.4) is 0 Å². The van der Waals surface area contributed by atoms with Crippen LogP contribution in [-0.4, -0.2) is 38.1 Å². The van der Waals surface area contributed by atoms with Gasteiger partial charge in [-0.1, -0.05) is 24.3 Å². The fourth-order valence-electron chi connectivity index (χ4n) is 2.61. The lowest BCUT2D eigenvalue weighted by Crippen LogP contribution is -2.26. The number of tetrazole rings is 1. The van der Waals surface area contributed by atoms with Crippen LogP contribution in [0.4, 0.5) is 4.39 Å². The highest BCUT2D eigenvalue weighted by molar-refractivity contribution is 5.94. The first kappa shape index (κ1) is 18.5. The molecule has 1 heterocycles. The summed E-state index contributed by atoms with van der Waals surface area (Å²) in [7, 11) is 1.64. The molecule has 3 aromatic rings. The average Bonchev–Trinajstić information content (AvgIpc) is 3.15. The predicted molar refractivity (Wildman–Crippen MR) is 96.5 cm³/mol. The van der Waals surface area contributed by atoms with Gasteiger partial charge in [0.15, 0.2) is 5.82 Å². The molecule has 0 radical (unpaired) electrons. The van der Waals surface area contributed by atoms with Gasteiger partial charge in [-0.05, 0) is 41.6 Å². The Morgan fingerprint density at radius 3 is 2.81 bits per heavy atom. The molecule has 0 spiro atoms. The summed E-state index contributed by atoms with van der Waals surface area (Å²) in [5.74, 6) is 0.585. The minimum absolute atomic E-state index is 0.182. The number of hydrogen-bond donors (Lipinski definition) is 0. The number of halogens is 1. The molecule has 0 fully saturated rings. The predicted octanol–water partition coefficient (Wildman–Crippen LogP) is 2.68. The Morgan fingerprint density at radius 2 is 2.04 bits per heavy atom. The van der Waals surface area contributed by atoms with E-state index in [0.717, 1.165) is 0 Å². The van der Waals surface area contributed by atoms with Crippen LogP contribution < -0.4 is 4.74 Å². The van der Waals surface area contributed by atoms with Crippen molar-refractivity contribution in [2.75, 3.05) is 7.05 Å². The van der Waals surface area contributed by atoms with Crippen molar-refractivity contribution >= 4 is 5.91 Å². The molecule has 0 bridgehead atoms. The lowest BCUT2D eigenvalue weighted by Gasteiger charge is -2.18. The number of rotatable bonds is 7. The molecule has 3 rings (SSSR count). The van der Waals surface area contributed by atoms with Crippen molar-refractivity contribution in [1.82, 2.24) is 25.1 Å². The molecule has 0 saturated carbocycles. The molecule has 0 N–H and O–H groups in total. The van der Waals surface area contributed by atoms with E-state index in [1.165, 1.54) is 11.0 Å². The smallest absolute Gasteiger partial charge is 0.254 e. The maximum Gasteiger partial charge on any atom is 0.254 e. The summed E-state index contributed by atoms with van der Waals surface area (Å²) in [4.78, 5) is 14.1. The first-order valence-corrected chi connectivity index (χ1v) is 8.55. The minimum atomic E-state index is -0.331. The molecule has 1 amide bonds. The van der Waals surface area contributed by atoms with Crippen LogP contribution in [-0.2, 0) is 19.7 Å². The number of hydrogen-bond acceptors (Lipinski definition) is 5. The Labute approximate surface area is 156 Å². The van der Waals surface area contributed by atoms with E-state index in [9.17, 15) is 9.18 Å². The van der Waals surface area contributed by atoms with Gasteiger partial charge in [0, 0.05) is 31.3 Å². The highest BCUT2D eigenvalue weighted by atomic mass is 19.1. The number of benzene rings is 2. The van der Waals surface area contributed by atoms with E-state index in [4.69, 9.17) is 4.74 Å². The molecule has 7 nitrogen and oxygen atoms in total. The molecule has 0 saturated heterocycles. The maximum absolute atomic E-state index is 13.8. The highest BCUT2D eigenvalue weighted by Crippen LogP contribution is 2.17. The average molecular weight is 369 g/mol. The molecule has 8 heteroatoms. The van der Waals surface area contributed by atoms with Gasteiger partial charge in [0.2, 0.25) is 0 Å². The van der Waals surface area contributed by atoms with Gasteiger partial charge in [-0.2, -0.15) is 0 Å². The van der Waals surface area contributed by atoms with Crippen molar-refractivity contribution in [3.63, 3.8) is 0 Å². The number of amides is 1.